The summed E-state index contributed by atoms with van der Waals surface area (Å²) < 4.78 is 43.8. The van der Waals surface area contributed by atoms with Crippen LogP contribution in [0.3, 0.4) is 0 Å². The fraction of sp³-hybridized carbons (Fsp3) is 0.571. The topological polar surface area (TPSA) is 106 Å². The van der Waals surface area contributed by atoms with Crippen LogP contribution in [-0.2, 0) is 17.7 Å². The van der Waals surface area contributed by atoms with E-state index in [1.807, 2.05) is 6.92 Å². The SMILES string of the molecule is CCc1nn(CCOCC(F)(F)F)c2c(Nc3ccncn3)nc(N3CCN[C@@H](CC)C3)nc12. The third kappa shape index (κ3) is 5.70. The number of piperazine rings is 1. The number of anilines is 3. The van der Waals surface area contributed by atoms with Gasteiger partial charge >= 0.3 is 6.18 Å². The highest BCUT2D eigenvalue weighted by molar-refractivity contribution is 5.90. The quantitative estimate of drug-likeness (QED) is 0.448. The van der Waals surface area contributed by atoms with Crippen LogP contribution in [-0.4, -0.2) is 74.8 Å². The lowest BCUT2D eigenvalue weighted by Crippen LogP contribution is -2.51. The Bertz CT molecular complexity index is 1090. The number of nitrogens with zero attached hydrogens (tertiary/aromatic N) is 7. The summed E-state index contributed by atoms with van der Waals surface area (Å²) in [5.74, 6) is 1.59. The van der Waals surface area contributed by atoms with Crippen LogP contribution in [0, 0.1) is 0 Å². The lowest BCUT2D eigenvalue weighted by atomic mass is 10.1. The lowest BCUT2D eigenvalue weighted by Gasteiger charge is -2.33. The van der Waals surface area contributed by atoms with Crippen LogP contribution in [0.5, 0.6) is 0 Å². The average molecular weight is 480 g/mol. The molecule has 3 aromatic heterocycles. The summed E-state index contributed by atoms with van der Waals surface area (Å²) in [5, 5.41) is 11.3. The van der Waals surface area contributed by atoms with Gasteiger partial charge in [-0.3, -0.25) is 4.68 Å². The molecule has 1 aliphatic rings. The second kappa shape index (κ2) is 10.5. The van der Waals surface area contributed by atoms with E-state index in [1.165, 1.54) is 6.33 Å². The first-order chi connectivity index (χ1) is 16.4. The number of hydrogen-bond acceptors (Lipinski definition) is 9. The highest BCUT2D eigenvalue weighted by Gasteiger charge is 2.28. The minimum absolute atomic E-state index is 0.124. The molecular formula is C21H28F3N9O. The number of rotatable bonds is 9. The minimum atomic E-state index is -4.38. The third-order valence-corrected chi connectivity index (χ3v) is 5.55. The van der Waals surface area contributed by atoms with Crippen molar-refractivity contribution in [2.24, 2.45) is 0 Å². The van der Waals surface area contributed by atoms with Gasteiger partial charge in [0, 0.05) is 31.9 Å². The Morgan fingerprint density at radius 3 is 2.82 bits per heavy atom. The molecule has 1 fully saturated rings. The highest BCUT2D eigenvalue weighted by Crippen LogP contribution is 2.29. The molecule has 0 spiro atoms. The molecule has 0 bridgehead atoms. The Labute approximate surface area is 194 Å². The van der Waals surface area contributed by atoms with Gasteiger partial charge in [0.2, 0.25) is 5.95 Å². The number of fused-ring (bicyclic) bond motifs is 1. The fourth-order valence-electron chi connectivity index (χ4n) is 3.87. The van der Waals surface area contributed by atoms with Crippen molar-refractivity contribution in [1.82, 2.24) is 35.0 Å². The van der Waals surface area contributed by atoms with Gasteiger partial charge in [0.25, 0.3) is 0 Å². The second-order valence-corrected chi connectivity index (χ2v) is 7.99. The molecule has 10 nitrogen and oxygen atoms in total. The molecule has 0 saturated carbocycles. The molecule has 4 rings (SSSR count). The number of hydrogen-bond donors (Lipinski definition) is 2. The Balaban J connectivity index is 1.72. The largest absolute Gasteiger partial charge is 0.411 e. The van der Waals surface area contributed by atoms with Gasteiger partial charge in [-0.05, 0) is 18.9 Å². The molecule has 4 heterocycles. The monoisotopic (exact) mass is 479 g/mol. The highest BCUT2D eigenvalue weighted by atomic mass is 19.4. The predicted molar refractivity (Wildman–Crippen MR) is 121 cm³/mol. The van der Waals surface area contributed by atoms with Gasteiger partial charge in [0.15, 0.2) is 5.82 Å². The van der Waals surface area contributed by atoms with Crippen molar-refractivity contribution in [3.05, 3.63) is 24.3 Å². The first-order valence-electron chi connectivity index (χ1n) is 11.3. The predicted octanol–water partition coefficient (Wildman–Crippen LogP) is 2.69. The van der Waals surface area contributed by atoms with Crippen molar-refractivity contribution < 1.29 is 17.9 Å². The molecule has 3 aromatic rings. The first-order valence-corrected chi connectivity index (χ1v) is 11.3. The summed E-state index contributed by atoms with van der Waals surface area (Å²) in [6.45, 7) is 5.12. The Kier molecular flexibility index (Phi) is 7.41. The van der Waals surface area contributed by atoms with Gasteiger partial charge in [-0.1, -0.05) is 13.8 Å². The maximum Gasteiger partial charge on any atom is 0.411 e. The van der Waals surface area contributed by atoms with Gasteiger partial charge in [-0.15, -0.1) is 0 Å². The molecule has 1 aliphatic heterocycles. The zero-order valence-electron chi connectivity index (χ0n) is 19.1. The number of nitrogens with one attached hydrogen (secondary N) is 2. The number of aromatic nitrogens is 6. The van der Waals surface area contributed by atoms with E-state index in [0.717, 1.165) is 31.7 Å². The van der Waals surface area contributed by atoms with Crippen molar-refractivity contribution in [2.45, 2.75) is 45.5 Å². The summed E-state index contributed by atoms with van der Waals surface area (Å²) in [7, 11) is 0. The van der Waals surface area contributed by atoms with Crippen molar-refractivity contribution in [1.29, 1.82) is 0 Å². The molecule has 0 radical (unpaired) electrons. The van der Waals surface area contributed by atoms with Gasteiger partial charge in [0.05, 0.1) is 18.8 Å². The summed E-state index contributed by atoms with van der Waals surface area (Å²) in [4.78, 5) is 19.9. The maximum atomic E-state index is 12.5. The van der Waals surface area contributed by atoms with E-state index in [-0.39, 0.29) is 13.2 Å². The van der Waals surface area contributed by atoms with Crippen LogP contribution < -0.4 is 15.5 Å². The maximum absolute atomic E-state index is 12.5. The van der Waals surface area contributed by atoms with E-state index in [4.69, 9.17) is 14.7 Å². The normalized spacial score (nSPS) is 16.9. The first kappa shape index (κ1) is 24.1. The van der Waals surface area contributed by atoms with Crippen LogP contribution in [0.2, 0.25) is 0 Å². The standard InChI is InChI=1S/C21H28F3N9O/c1-3-14-11-32(8-7-26-14)20-29-17-15(4-2)31-33(9-10-34-12-21(22,23)24)18(17)19(30-20)28-16-5-6-25-13-27-16/h5-6,13-14,26H,3-4,7-12H2,1-2H3,(H,25,27,28,29,30)/t14-/m0/s1. The smallest absolute Gasteiger partial charge is 0.370 e. The van der Waals surface area contributed by atoms with Crippen LogP contribution in [0.15, 0.2) is 18.6 Å². The van der Waals surface area contributed by atoms with Crippen molar-refractivity contribution in [3.63, 3.8) is 0 Å². The number of alkyl halides is 3. The van der Waals surface area contributed by atoms with Crippen molar-refractivity contribution in [3.8, 4) is 0 Å². The summed E-state index contributed by atoms with van der Waals surface area (Å²) >= 11 is 0. The third-order valence-electron chi connectivity index (χ3n) is 5.55. The minimum Gasteiger partial charge on any atom is -0.370 e. The van der Waals surface area contributed by atoms with Gasteiger partial charge in [0.1, 0.15) is 29.8 Å². The van der Waals surface area contributed by atoms with Crippen molar-refractivity contribution >= 4 is 28.6 Å². The molecule has 2 N–H and O–H groups in total. The Morgan fingerprint density at radius 2 is 2.12 bits per heavy atom. The molecule has 34 heavy (non-hydrogen) atoms. The molecule has 0 unspecified atom stereocenters. The number of halogens is 3. The molecule has 13 heteroatoms. The molecule has 0 aromatic carbocycles. The fourth-order valence-corrected chi connectivity index (χ4v) is 3.87. The molecule has 184 valence electrons. The van der Waals surface area contributed by atoms with Crippen LogP contribution >= 0.6 is 0 Å². The zero-order valence-corrected chi connectivity index (χ0v) is 19.1. The Hall–Kier alpha value is -3.06. The van der Waals surface area contributed by atoms with Gasteiger partial charge in [-0.25, -0.2) is 15.0 Å². The zero-order chi connectivity index (χ0) is 24.1. The van der Waals surface area contributed by atoms with E-state index in [9.17, 15) is 13.2 Å². The average Bonchev–Trinajstić information content (AvgIpc) is 3.20. The van der Waals surface area contributed by atoms with Crippen LogP contribution in [0.25, 0.3) is 11.0 Å². The molecule has 1 saturated heterocycles. The molecule has 0 aliphatic carbocycles. The van der Waals surface area contributed by atoms with E-state index < -0.39 is 12.8 Å². The summed E-state index contributed by atoms with van der Waals surface area (Å²) in [6.07, 6.45) is 0.245. The van der Waals surface area contributed by atoms with Crippen LogP contribution in [0.4, 0.5) is 30.8 Å². The van der Waals surface area contributed by atoms with Gasteiger partial charge in [-0.2, -0.15) is 23.3 Å². The molecular weight excluding hydrogens is 451 g/mol. The van der Waals surface area contributed by atoms with E-state index in [1.54, 1.807) is 16.9 Å². The second-order valence-electron chi connectivity index (χ2n) is 7.99. The molecule has 0 amide bonds. The summed E-state index contributed by atoms with van der Waals surface area (Å²) in [6, 6.07) is 2.05. The van der Waals surface area contributed by atoms with E-state index in [2.05, 4.69) is 37.5 Å². The molecule has 1 atom stereocenters. The van der Waals surface area contributed by atoms with Gasteiger partial charge < -0.3 is 20.3 Å². The Morgan fingerprint density at radius 1 is 1.26 bits per heavy atom. The lowest BCUT2D eigenvalue weighted by molar-refractivity contribution is -0.174. The number of aryl methyl sites for hydroxylation is 1. The summed E-state index contributed by atoms with van der Waals surface area (Å²) in [5.41, 5.74) is 1.99. The van der Waals surface area contributed by atoms with Crippen molar-refractivity contribution in [2.75, 3.05) is 43.1 Å². The van der Waals surface area contributed by atoms with E-state index in [0.29, 0.717) is 41.1 Å². The van der Waals surface area contributed by atoms with E-state index >= 15 is 0 Å². The number of ether oxygens (including phenoxy) is 1. The van der Waals surface area contributed by atoms with Crippen LogP contribution in [0.1, 0.15) is 26.0 Å².